The minimum Gasteiger partial charge on any atom is -0.475 e. The zero-order chi connectivity index (χ0) is 45.3. The number of nitrogens with one attached hydrogen (secondary N) is 3. The zero-order valence-electron chi connectivity index (χ0n) is 36.5. The van der Waals surface area contributed by atoms with E-state index in [1.54, 1.807) is 6.07 Å². The van der Waals surface area contributed by atoms with E-state index in [9.17, 15) is 23.3 Å². The van der Waals surface area contributed by atoms with Crippen molar-refractivity contribution in [3.05, 3.63) is 98.8 Å². The van der Waals surface area contributed by atoms with E-state index in [0.29, 0.717) is 62.1 Å². The Labute approximate surface area is 382 Å². The van der Waals surface area contributed by atoms with Crippen LogP contribution in [0.25, 0.3) is 16.9 Å². The molecule has 5 heterocycles. The lowest BCUT2D eigenvalue weighted by Crippen LogP contribution is -2.47. The van der Waals surface area contributed by atoms with Crippen LogP contribution < -0.4 is 24.6 Å². The summed E-state index contributed by atoms with van der Waals surface area (Å²) in [6.45, 7) is 11.1. The second-order valence-electron chi connectivity index (χ2n) is 18.0. The summed E-state index contributed by atoms with van der Waals surface area (Å²) >= 11 is 6.27. The second kappa shape index (κ2) is 18.6. The summed E-state index contributed by atoms with van der Waals surface area (Å²) in [6.07, 6.45) is 6.85. The molecule has 1 aliphatic carbocycles. The van der Waals surface area contributed by atoms with Crippen molar-refractivity contribution in [1.82, 2.24) is 29.6 Å². The molecule has 0 spiro atoms. The highest BCUT2D eigenvalue weighted by Gasteiger charge is 2.32. The van der Waals surface area contributed by atoms with Crippen LogP contribution in [0.5, 0.6) is 5.88 Å². The molecule has 0 bridgehead atoms. The first-order valence-corrected chi connectivity index (χ1v) is 24.0. The molecule has 2 saturated heterocycles. The summed E-state index contributed by atoms with van der Waals surface area (Å²) in [7, 11) is -4.59. The molecule has 1 amide bonds. The molecule has 19 heteroatoms. The van der Waals surface area contributed by atoms with E-state index in [4.69, 9.17) is 26.1 Å². The van der Waals surface area contributed by atoms with Gasteiger partial charge in [0.1, 0.15) is 5.69 Å². The van der Waals surface area contributed by atoms with E-state index in [1.807, 2.05) is 29.2 Å². The third kappa shape index (κ3) is 9.90. The molecule has 0 atom stereocenters. The Balaban J connectivity index is 0.986. The van der Waals surface area contributed by atoms with Gasteiger partial charge in [0.25, 0.3) is 27.5 Å². The van der Waals surface area contributed by atoms with Gasteiger partial charge in [0.2, 0.25) is 0 Å². The van der Waals surface area contributed by atoms with Gasteiger partial charge in [0.05, 0.1) is 34.0 Å². The number of nitro benzene ring substituents is 1. The van der Waals surface area contributed by atoms with Gasteiger partial charge in [-0.2, -0.15) is 4.98 Å². The van der Waals surface area contributed by atoms with Gasteiger partial charge in [-0.3, -0.25) is 19.8 Å². The molecule has 2 aromatic heterocycles. The molecule has 0 radical (unpaired) electrons. The number of fused-ring (bicyclic) bond motifs is 2. The van der Waals surface area contributed by atoms with Crippen molar-refractivity contribution in [3.63, 3.8) is 0 Å². The van der Waals surface area contributed by atoms with E-state index in [-0.39, 0.29) is 28.5 Å². The van der Waals surface area contributed by atoms with E-state index < -0.39 is 31.4 Å². The van der Waals surface area contributed by atoms with Gasteiger partial charge in [-0.25, -0.2) is 23.1 Å². The number of carbonyl (C=O) groups is 1. The van der Waals surface area contributed by atoms with Gasteiger partial charge < -0.3 is 29.6 Å². The normalized spacial score (nSPS) is 18.5. The Morgan fingerprint density at radius 1 is 1.00 bits per heavy atom. The highest BCUT2D eigenvalue weighted by Crippen LogP contribution is 2.44. The first-order valence-electron chi connectivity index (χ1n) is 22.2. The maximum Gasteiger partial charge on any atom is 0.293 e. The fraction of sp³-hybridized carbons (Fsp3) is 0.435. The number of sulfonamides is 1. The van der Waals surface area contributed by atoms with Gasteiger partial charge in [0.15, 0.2) is 17.1 Å². The Bertz CT molecular complexity index is 2730. The number of amides is 1. The van der Waals surface area contributed by atoms with Crippen LogP contribution in [0, 0.1) is 21.4 Å². The molecule has 5 aromatic rings. The molecule has 4 aliphatic rings. The molecule has 2 fully saturated rings. The fourth-order valence-electron chi connectivity index (χ4n) is 9.20. The Morgan fingerprint density at radius 3 is 2.55 bits per heavy atom. The molecule has 17 nitrogen and oxygen atoms in total. The number of ether oxygens (including phenoxy) is 2. The number of rotatable bonds is 12. The highest BCUT2D eigenvalue weighted by atomic mass is 35.5. The van der Waals surface area contributed by atoms with Crippen molar-refractivity contribution < 1.29 is 27.6 Å². The number of aromatic amines is 1. The molecule has 3 aromatic carbocycles. The van der Waals surface area contributed by atoms with E-state index in [2.05, 4.69) is 60.8 Å². The fourth-order valence-corrected chi connectivity index (χ4v) is 10.3. The van der Waals surface area contributed by atoms with Crippen LogP contribution in [0.15, 0.2) is 77.5 Å². The van der Waals surface area contributed by atoms with Gasteiger partial charge in [-0.15, -0.1) is 0 Å². The third-order valence-corrected chi connectivity index (χ3v) is 14.5. The van der Waals surface area contributed by atoms with Crippen LogP contribution in [0.1, 0.15) is 68.3 Å². The second-order valence-corrected chi connectivity index (χ2v) is 20.1. The number of imidazole rings is 1. The first kappa shape index (κ1) is 44.4. The van der Waals surface area contributed by atoms with Crippen molar-refractivity contribution in [2.45, 2.75) is 57.3 Å². The maximum absolute atomic E-state index is 14.3. The van der Waals surface area contributed by atoms with Crippen molar-refractivity contribution in [1.29, 1.82) is 0 Å². The number of halogens is 1. The van der Waals surface area contributed by atoms with E-state index >= 15 is 0 Å². The minimum atomic E-state index is -4.59. The molecule has 342 valence electrons. The van der Waals surface area contributed by atoms with Crippen LogP contribution in [-0.2, 0) is 14.8 Å². The van der Waals surface area contributed by atoms with Crippen molar-refractivity contribution in [2.75, 3.05) is 80.8 Å². The average molecular weight is 926 g/mol. The summed E-state index contributed by atoms with van der Waals surface area (Å²) in [4.78, 5) is 48.8. The van der Waals surface area contributed by atoms with Gasteiger partial charge in [0, 0.05) is 75.8 Å². The predicted molar refractivity (Wildman–Crippen MR) is 250 cm³/mol. The van der Waals surface area contributed by atoms with Crippen LogP contribution >= 0.6 is 11.6 Å². The molecule has 3 N–H and O–H groups in total. The molecule has 0 saturated carbocycles. The maximum atomic E-state index is 14.3. The summed E-state index contributed by atoms with van der Waals surface area (Å²) in [5.74, 6) is -0.0711. The molecule has 0 unspecified atom stereocenters. The van der Waals surface area contributed by atoms with Crippen LogP contribution in [-0.4, -0.2) is 110 Å². The topological polar surface area (TPSA) is 201 Å². The SMILES string of the molecule is CC1(C)CCC(CN2CCN(c3ccc(C(=O)NS(=O)(=O)c4ccc(NCC5CCOCC5)c([N+](=O)[O-])c4)c(N4CCCOc5nc6[nH]cnc6nc54)c3)CC2)=C(c2ccc(Cl)cc2)C1. The predicted octanol–water partition coefficient (Wildman–Crippen LogP) is 7.58. The average Bonchev–Trinajstić information content (AvgIpc) is 3.66. The Hall–Kier alpha value is -5.82. The van der Waals surface area contributed by atoms with Gasteiger partial charge in [-0.1, -0.05) is 43.2 Å². The number of H-pyrrole nitrogens is 1. The molecule has 9 rings (SSSR count). The van der Waals surface area contributed by atoms with Crippen molar-refractivity contribution in [3.8, 4) is 5.88 Å². The Morgan fingerprint density at radius 2 is 1.78 bits per heavy atom. The molecule has 65 heavy (non-hydrogen) atoms. The largest absolute Gasteiger partial charge is 0.475 e. The minimum absolute atomic E-state index is 0.0545. The Kier molecular flexibility index (Phi) is 12.7. The standard InChI is InChI=1S/C46H53ClN10O7S/c1-46(2)15-12-32(37(26-46)31-4-6-33(47)7-5-31)28-54-17-19-55(20-18-54)34-8-10-36(39(24-34)56-16-3-21-64-45-43(56)51-41-42(52-45)50-29-49-41)44(58)53-65(61,62)35-9-11-38(40(25-35)57(59)60)48-27-30-13-22-63-23-14-30/h4-11,24-25,29-30,48H,3,12-23,26-28H2,1-2H3,(H,53,58)(H,49,50,51,52). The lowest BCUT2D eigenvalue weighted by molar-refractivity contribution is -0.384. The summed E-state index contributed by atoms with van der Waals surface area (Å²) in [5.41, 5.74) is 6.18. The van der Waals surface area contributed by atoms with Gasteiger partial charge in [-0.05, 0) is 103 Å². The van der Waals surface area contributed by atoms with Crippen LogP contribution in [0.2, 0.25) is 5.02 Å². The van der Waals surface area contributed by atoms with Crippen LogP contribution in [0.4, 0.5) is 28.6 Å². The van der Waals surface area contributed by atoms with Crippen molar-refractivity contribution in [2.24, 2.45) is 11.3 Å². The molecular formula is C46H53ClN10O7S. The number of anilines is 4. The number of piperazine rings is 1. The number of aromatic nitrogens is 4. The zero-order valence-corrected chi connectivity index (χ0v) is 38.1. The smallest absolute Gasteiger partial charge is 0.293 e. The summed E-state index contributed by atoms with van der Waals surface area (Å²) in [5, 5.41) is 16.0. The number of hydrogen-bond donors (Lipinski definition) is 3. The quantitative estimate of drug-likeness (QED) is 0.0817. The number of nitro groups is 1. The lowest BCUT2D eigenvalue weighted by Gasteiger charge is -2.39. The monoisotopic (exact) mass is 924 g/mol. The lowest BCUT2D eigenvalue weighted by atomic mass is 9.72. The molecular weight excluding hydrogens is 872 g/mol. The number of allylic oxidation sites excluding steroid dienone is 1. The van der Waals surface area contributed by atoms with Gasteiger partial charge >= 0.3 is 0 Å². The van der Waals surface area contributed by atoms with E-state index in [1.165, 1.54) is 35.2 Å². The third-order valence-electron chi connectivity index (χ3n) is 12.9. The number of benzene rings is 3. The number of nitrogens with zero attached hydrogens (tertiary/aromatic N) is 7. The van der Waals surface area contributed by atoms with Crippen LogP contribution in [0.3, 0.4) is 0 Å². The number of carbonyl (C=O) groups excluding carboxylic acids is 1. The summed E-state index contributed by atoms with van der Waals surface area (Å²) < 4.78 is 41.5. The van der Waals surface area contributed by atoms with Crippen molar-refractivity contribution >= 4 is 73.0 Å². The summed E-state index contributed by atoms with van der Waals surface area (Å²) in [6, 6.07) is 17.1. The first-order chi connectivity index (χ1) is 31.3. The number of hydrogen-bond acceptors (Lipinski definition) is 14. The molecule has 3 aliphatic heterocycles. The van der Waals surface area contributed by atoms with E-state index in [0.717, 1.165) is 81.6 Å². The highest BCUT2D eigenvalue weighted by molar-refractivity contribution is 7.90.